The Bertz CT molecular complexity index is 161. The van der Waals surface area contributed by atoms with Gasteiger partial charge in [-0.3, -0.25) is 0 Å². The zero-order chi connectivity index (χ0) is 6.74. The average Bonchev–Trinajstić information content (AvgIpc) is 1.92. The summed E-state index contributed by atoms with van der Waals surface area (Å²) in [7, 11) is 0. The molecular formula is C6H8N2S. The van der Waals surface area contributed by atoms with Crippen LogP contribution in [0.2, 0.25) is 0 Å². The van der Waals surface area contributed by atoms with E-state index in [-0.39, 0.29) is 4.75 Å². The molecule has 1 atom stereocenters. The Kier molecular flexibility index (Phi) is 1.71. The van der Waals surface area contributed by atoms with E-state index >= 15 is 0 Å². The van der Waals surface area contributed by atoms with Crippen molar-refractivity contribution in [1.29, 1.82) is 0 Å². The topological polar surface area (TPSA) is 24.7 Å². The van der Waals surface area contributed by atoms with Gasteiger partial charge in [-0.2, -0.15) is 12.6 Å². The molecule has 1 heterocycles. The maximum absolute atomic E-state index is 4.27. The molecule has 0 amide bonds. The van der Waals surface area contributed by atoms with Crippen LogP contribution in [0, 0.1) is 0 Å². The fourth-order valence-electron chi connectivity index (χ4n) is 0.498. The van der Waals surface area contributed by atoms with Crippen LogP contribution in [0.15, 0.2) is 22.3 Å². The van der Waals surface area contributed by atoms with E-state index in [4.69, 9.17) is 0 Å². The van der Waals surface area contributed by atoms with E-state index in [2.05, 4.69) is 22.6 Å². The molecule has 0 aromatic heterocycles. The third-order valence-corrected chi connectivity index (χ3v) is 1.23. The molecule has 0 N–H and O–H groups in total. The summed E-state index contributed by atoms with van der Waals surface area (Å²) in [6.45, 7) is 1.95. The molecule has 0 saturated carbocycles. The molecule has 0 radical (unpaired) electrons. The van der Waals surface area contributed by atoms with Gasteiger partial charge in [-0.1, -0.05) is 0 Å². The fourth-order valence-corrected chi connectivity index (χ4v) is 0.632. The van der Waals surface area contributed by atoms with Gasteiger partial charge in [-0.05, 0) is 13.0 Å². The molecule has 2 nitrogen and oxygen atoms in total. The highest BCUT2D eigenvalue weighted by Crippen LogP contribution is 2.12. The lowest BCUT2D eigenvalue weighted by atomic mass is 10.2. The van der Waals surface area contributed by atoms with Crippen LogP contribution in [-0.2, 0) is 0 Å². The summed E-state index contributed by atoms with van der Waals surface area (Å²) in [6, 6.07) is 0. The van der Waals surface area contributed by atoms with Crippen molar-refractivity contribution in [3.05, 3.63) is 12.3 Å². The molecule has 0 aliphatic carbocycles. The first-order chi connectivity index (χ1) is 4.21. The zero-order valence-electron chi connectivity index (χ0n) is 5.15. The summed E-state index contributed by atoms with van der Waals surface area (Å²) < 4.78 is -0.240. The highest BCUT2D eigenvalue weighted by Gasteiger charge is 2.10. The van der Waals surface area contributed by atoms with E-state index in [0.29, 0.717) is 0 Å². The summed E-state index contributed by atoms with van der Waals surface area (Å²) in [5.74, 6) is 0. The van der Waals surface area contributed by atoms with Gasteiger partial charge in [0.1, 0.15) is 6.34 Å². The summed E-state index contributed by atoms with van der Waals surface area (Å²) in [6.07, 6.45) is 6.81. The molecule has 0 bridgehead atoms. The Labute approximate surface area is 59.8 Å². The van der Waals surface area contributed by atoms with Gasteiger partial charge in [-0.15, -0.1) is 0 Å². The largest absolute Gasteiger partial charge is 0.247 e. The van der Waals surface area contributed by atoms with Gasteiger partial charge in [0, 0.05) is 12.4 Å². The molecular weight excluding hydrogens is 132 g/mol. The van der Waals surface area contributed by atoms with Crippen molar-refractivity contribution in [3.63, 3.8) is 0 Å². The lowest BCUT2D eigenvalue weighted by Crippen LogP contribution is -2.13. The SMILES string of the molecule is CC1(S)C=CN=CN=C1. The molecule has 1 aliphatic heterocycles. The molecule has 0 saturated heterocycles. The van der Waals surface area contributed by atoms with E-state index in [1.807, 2.05) is 13.0 Å². The quantitative estimate of drug-likeness (QED) is 0.491. The second-order valence-electron chi connectivity index (χ2n) is 2.08. The van der Waals surface area contributed by atoms with Crippen LogP contribution in [0.3, 0.4) is 0 Å². The van der Waals surface area contributed by atoms with Crippen LogP contribution < -0.4 is 0 Å². The first-order valence-electron chi connectivity index (χ1n) is 2.67. The molecule has 0 fully saturated rings. The van der Waals surface area contributed by atoms with Crippen LogP contribution in [0.1, 0.15) is 6.92 Å². The third kappa shape index (κ3) is 2.01. The van der Waals surface area contributed by atoms with Crippen LogP contribution in [0.25, 0.3) is 0 Å². The second kappa shape index (κ2) is 2.35. The van der Waals surface area contributed by atoms with Crippen molar-refractivity contribution < 1.29 is 0 Å². The van der Waals surface area contributed by atoms with Gasteiger partial charge in [0.2, 0.25) is 0 Å². The van der Waals surface area contributed by atoms with E-state index in [1.54, 1.807) is 12.4 Å². The minimum Gasteiger partial charge on any atom is -0.247 e. The predicted octanol–water partition coefficient (Wildman–Crippen LogP) is 1.30. The summed E-state index contributed by atoms with van der Waals surface area (Å²) in [4.78, 5) is 7.68. The van der Waals surface area contributed by atoms with Crippen molar-refractivity contribution in [3.8, 4) is 0 Å². The molecule has 3 heteroatoms. The molecule has 1 unspecified atom stereocenters. The first kappa shape index (κ1) is 6.55. The predicted molar refractivity (Wildman–Crippen MR) is 43.5 cm³/mol. The van der Waals surface area contributed by atoms with Crippen molar-refractivity contribution in [2.45, 2.75) is 11.7 Å². The highest BCUT2D eigenvalue weighted by molar-refractivity contribution is 7.82. The molecule has 1 rings (SSSR count). The summed E-state index contributed by atoms with van der Waals surface area (Å²) in [5, 5.41) is 0. The standard InChI is InChI=1S/C6H8N2S/c1-6(9)2-3-7-5-8-4-6/h2-5,9H,1H3. The number of aliphatic imine (C=N–C) groups is 2. The van der Waals surface area contributed by atoms with Crippen LogP contribution >= 0.6 is 12.6 Å². The third-order valence-electron chi connectivity index (χ3n) is 0.967. The minimum atomic E-state index is -0.240. The maximum atomic E-state index is 4.27. The van der Waals surface area contributed by atoms with Gasteiger partial charge in [-0.25, -0.2) is 9.98 Å². The Morgan fingerprint density at radius 1 is 1.44 bits per heavy atom. The molecule has 0 spiro atoms. The summed E-state index contributed by atoms with van der Waals surface area (Å²) >= 11 is 4.27. The molecule has 0 aromatic carbocycles. The Balaban J connectivity index is 2.82. The van der Waals surface area contributed by atoms with Gasteiger partial charge in [0.25, 0.3) is 0 Å². The van der Waals surface area contributed by atoms with E-state index < -0.39 is 0 Å². The lowest BCUT2D eigenvalue weighted by molar-refractivity contribution is 1.10. The van der Waals surface area contributed by atoms with Crippen molar-refractivity contribution in [2.24, 2.45) is 9.98 Å². The minimum absolute atomic E-state index is 0.240. The van der Waals surface area contributed by atoms with E-state index in [9.17, 15) is 0 Å². The van der Waals surface area contributed by atoms with Crippen LogP contribution in [-0.4, -0.2) is 17.3 Å². The number of rotatable bonds is 0. The lowest BCUT2D eigenvalue weighted by Gasteiger charge is -2.08. The van der Waals surface area contributed by atoms with Gasteiger partial charge in [0.15, 0.2) is 0 Å². The zero-order valence-corrected chi connectivity index (χ0v) is 6.05. The van der Waals surface area contributed by atoms with Crippen LogP contribution in [0.4, 0.5) is 0 Å². The van der Waals surface area contributed by atoms with Crippen molar-refractivity contribution in [2.75, 3.05) is 0 Å². The highest BCUT2D eigenvalue weighted by atomic mass is 32.1. The molecule has 0 aromatic rings. The van der Waals surface area contributed by atoms with Gasteiger partial charge < -0.3 is 0 Å². The van der Waals surface area contributed by atoms with Gasteiger partial charge >= 0.3 is 0 Å². The number of nitrogens with zero attached hydrogens (tertiary/aromatic N) is 2. The number of hydrogen-bond donors (Lipinski definition) is 1. The smallest absolute Gasteiger partial charge is 0.114 e. The van der Waals surface area contributed by atoms with Gasteiger partial charge in [0.05, 0.1) is 4.75 Å². The Morgan fingerprint density at radius 2 is 2.22 bits per heavy atom. The van der Waals surface area contributed by atoms with E-state index in [0.717, 1.165) is 0 Å². The normalized spacial score (nSPS) is 32.7. The summed E-state index contributed by atoms with van der Waals surface area (Å²) in [5.41, 5.74) is 0. The molecule has 9 heavy (non-hydrogen) atoms. The monoisotopic (exact) mass is 140 g/mol. The molecule has 48 valence electrons. The molecule has 1 aliphatic rings. The number of hydrogen-bond acceptors (Lipinski definition) is 3. The number of thiol groups is 1. The van der Waals surface area contributed by atoms with E-state index in [1.165, 1.54) is 6.34 Å². The average molecular weight is 140 g/mol. The first-order valence-corrected chi connectivity index (χ1v) is 3.11. The maximum Gasteiger partial charge on any atom is 0.114 e. The Morgan fingerprint density at radius 3 is 3.00 bits per heavy atom. The Hall–Kier alpha value is -0.570. The van der Waals surface area contributed by atoms with Crippen molar-refractivity contribution >= 4 is 25.2 Å². The second-order valence-corrected chi connectivity index (χ2v) is 3.05. The van der Waals surface area contributed by atoms with Crippen molar-refractivity contribution in [1.82, 2.24) is 0 Å². The van der Waals surface area contributed by atoms with Crippen LogP contribution in [0.5, 0.6) is 0 Å². The fraction of sp³-hybridized carbons (Fsp3) is 0.333.